The van der Waals surface area contributed by atoms with Gasteiger partial charge in [-0.1, -0.05) is 0 Å². The number of hydrogen-bond acceptors (Lipinski definition) is 4. The predicted molar refractivity (Wildman–Crippen MR) is 74.0 cm³/mol. The van der Waals surface area contributed by atoms with Crippen LogP contribution in [0.1, 0.15) is 5.56 Å². The van der Waals surface area contributed by atoms with Crippen molar-refractivity contribution in [2.24, 2.45) is 0 Å². The second kappa shape index (κ2) is 6.05. The molecule has 1 aliphatic rings. The van der Waals surface area contributed by atoms with Gasteiger partial charge in [0.1, 0.15) is 13.1 Å². The molecule has 0 aliphatic carbocycles. The molecule has 0 atom stereocenters. The van der Waals surface area contributed by atoms with Crippen LogP contribution in [0.3, 0.4) is 0 Å². The summed E-state index contributed by atoms with van der Waals surface area (Å²) in [5, 5.41) is 11.3. The molecule has 0 spiro atoms. The first kappa shape index (κ1) is 14.5. The summed E-state index contributed by atoms with van der Waals surface area (Å²) in [6, 6.07) is 8.36. The van der Waals surface area contributed by atoms with Crippen molar-refractivity contribution in [1.29, 1.82) is 5.26 Å². The molecule has 1 aromatic carbocycles. The van der Waals surface area contributed by atoms with Crippen molar-refractivity contribution in [2.75, 3.05) is 32.0 Å². The van der Waals surface area contributed by atoms with Crippen LogP contribution in [0.2, 0.25) is 0 Å². The second-order valence-corrected chi connectivity index (χ2v) is 4.74. The smallest absolute Gasteiger partial charge is 0.244 e. The number of nitriles is 1. The van der Waals surface area contributed by atoms with Gasteiger partial charge in [0.25, 0.3) is 0 Å². The molecule has 0 aromatic heterocycles. The monoisotopic (exact) mass is 286 g/mol. The van der Waals surface area contributed by atoms with E-state index in [4.69, 9.17) is 5.26 Å². The van der Waals surface area contributed by atoms with Crippen LogP contribution in [-0.4, -0.2) is 54.2 Å². The lowest BCUT2D eigenvalue weighted by Crippen LogP contribution is -2.54. The van der Waals surface area contributed by atoms with Crippen molar-refractivity contribution in [3.63, 3.8) is 0 Å². The minimum atomic E-state index is -0.384. The Morgan fingerprint density at radius 2 is 1.90 bits per heavy atom. The molecule has 0 bridgehead atoms. The van der Waals surface area contributed by atoms with Gasteiger partial charge >= 0.3 is 0 Å². The van der Waals surface area contributed by atoms with Crippen molar-refractivity contribution in [1.82, 2.24) is 9.80 Å². The van der Waals surface area contributed by atoms with Crippen LogP contribution in [0, 0.1) is 11.3 Å². The molecule has 1 N–H and O–H groups in total. The molecule has 7 heteroatoms. The van der Waals surface area contributed by atoms with Crippen LogP contribution in [0.5, 0.6) is 0 Å². The van der Waals surface area contributed by atoms with Gasteiger partial charge in [-0.05, 0) is 24.3 Å². The molecular formula is C14H14N4O3. The van der Waals surface area contributed by atoms with Crippen LogP contribution in [0.25, 0.3) is 0 Å². The number of amides is 3. The van der Waals surface area contributed by atoms with Gasteiger partial charge in [-0.25, -0.2) is 0 Å². The van der Waals surface area contributed by atoms with Gasteiger partial charge < -0.3 is 15.1 Å². The summed E-state index contributed by atoms with van der Waals surface area (Å²) in [5.41, 5.74) is 1.03. The Hall–Kier alpha value is -2.88. The van der Waals surface area contributed by atoms with Crippen molar-refractivity contribution in [3.8, 4) is 6.07 Å². The number of piperazine rings is 1. The molecule has 108 valence electrons. The molecule has 1 heterocycles. The van der Waals surface area contributed by atoms with Crippen molar-refractivity contribution in [3.05, 3.63) is 29.8 Å². The average Bonchev–Trinajstić information content (AvgIpc) is 2.45. The second-order valence-electron chi connectivity index (χ2n) is 4.74. The predicted octanol–water partition coefficient (Wildman–Crippen LogP) is -0.203. The highest BCUT2D eigenvalue weighted by Crippen LogP contribution is 2.09. The molecule has 1 fully saturated rings. The molecule has 2 rings (SSSR count). The van der Waals surface area contributed by atoms with Crippen molar-refractivity contribution in [2.45, 2.75) is 0 Å². The quantitative estimate of drug-likeness (QED) is 0.832. The lowest BCUT2D eigenvalue weighted by atomic mass is 10.2. The van der Waals surface area contributed by atoms with Gasteiger partial charge in [-0.3, -0.25) is 14.4 Å². The minimum Gasteiger partial charge on any atom is -0.335 e. The first-order valence-electron chi connectivity index (χ1n) is 6.31. The third-order valence-corrected chi connectivity index (χ3v) is 3.11. The summed E-state index contributed by atoms with van der Waals surface area (Å²) in [6.45, 7) is -0.266. The molecule has 7 nitrogen and oxygen atoms in total. The topological polar surface area (TPSA) is 93.5 Å². The minimum absolute atomic E-state index is 0.0109. The van der Waals surface area contributed by atoms with Gasteiger partial charge in [0.15, 0.2) is 0 Å². The van der Waals surface area contributed by atoms with Gasteiger partial charge in [0.05, 0.1) is 18.2 Å². The summed E-state index contributed by atoms with van der Waals surface area (Å²) in [5.74, 6) is -0.835. The van der Waals surface area contributed by atoms with Crippen LogP contribution >= 0.6 is 0 Å². The first-order chi connectivity index (χ1) is 9.99. The Kier molecular flexibility index (Phi) is 4.18. The molecular weight excluding hydrogens is 272 g/mol. The molecule has 0 radical (unpaired) electrons. The largest absolute Gasteiger partial charge is 0.335 e. The lowest BCUT2D eigenvalue weighted by Gasteiger charge is -2.31. The van der Waals surface area contributed by atoms with Gasteiger partial charge in [0, 0.05) is 12.7 Å². The summed E-state index contributed by atoms with van der Waals surface area (Å²) >= 11 is 0. The molecule has 3 amide bonds. The highest BCUT2D eigenvalue weighted by Gasteiger charge is 2.28. The number of nitrogens with one attached hydrogen (secondary N) is 1. The van der Waals surface area contributed by atoms with Gasteiger partial charge in [-0.2, -0.15) is 5.26 Å². The maximum atomic E-state index is 11.9. The maximum Gasteiger partial charge on any atom is 0.244 e. The SMILES string of the molecule is CN1CC(=O)N(CC(=O)Nc2ccc(C#N)cc2)CC1=O. The van der Waals surface area contributed by atoms with Crippen LogP contribution in [0.4, 0.5) is 5.69 Å². The number of rotatable bonds is 3. The molecule has 21 heavy (non-hydrogen) atoms. The third kappa shape index (κ3) is 3.57. The number of nitrogens with zero attached hydrogens (tertiary/aromatic N) is 3. The van der Waals surface area contributed by atoms with E-state index in [-0.39, 0.29) is 37.4 Å². The van der Waals surface area contributed by atoms with E-state index < -0.39 is 0 Å². The Balaban J connectivity index is 1.93. The summed E-state index contributed by atoms with van der Waals surface area (Å²) in [7, 11) is 1.55. The molecule has 0 unspecified atom stereocenters. The zero-order chi connectivity index (χ0) is 15.4. The third-order valence-electron chi connectivity index (χ3n) is 3.11. The lowest BCUT2D eigenvalue weighted by molar-refractivity contribution is -0.149. The van der Waals surface area contributed by atoms with Crippen molar-refractivity contribution >= 4 is 23.4 Å². The Morgan fingerprint density at radius 3 is 2.52 bits per heavy atom. The highest BCUT2D eigenvalue weighted by atomic mass is 16.2. The number of hydrogen-bond donors (Lipinski definition) is 1. The van der Waals surface area contributed by atoms with Crippen molar-refractivity contribution < 1.29 is 14.4 Å². The fourth-order valence-corrected chi connectivity index (χ4v) is 1.91. The molecule has 1 saturated heterocycles. The Morgan fingerprint density at radius 1 is 1.24 bits per heavy atom. The van der Waals surface area contributed by atoms with E-state index in [0.29, 0.717) is 11.3 Å². The number of anilines is 1. The van der Waals surface area contributed by atoms with Crippen LogP contribution in [0.15, 0.2) is 24.3 Å². The van der Waals surface area contributed by atoms with E-state index in [9.17, 15) is 14.4 Å². The zero-order valence-electron chi connectivity index (χ0n) is 11.5. The van der Waals surface area contributed by atoms with E-state index in [1.54, 1.807) is 31.3 Å². The van der Waals surface area contributed by atoms with Crippen LogP contribution in [-0.2, 0) is 14.4 Å². The molecule has 1 aliphatic heterocycles. The number of benzene rings is 1. The number of carbonyl (C=O) groups excluding carboxylic acids is 3. The van der Waals surface area contributed by atoms with E-state index in [0.717, 1.165) is 0 Å². The fraction of sp³-hybridized carbons (Fsp3) is 0.286. The summed E-state index contributed by atoms with van der Waals surface area (Å²) in [4.78, 5) is 37.7. The zero-order valence-corrected chi connectivity index (χ0v) is 11.5. The van der Waals surface area contributed by atoms with E-state index in [2.05, 4.69) is 5.32 Å². The first-order valence-corrected chi connectivity index (χ1v) is 6.31. The molecule has 1 aromatic rings. The van der Waals surface area contributed by atoms with Gasteiger partial charge in [-0.15, -0.1) is 0 Å². The summed E-state index contributed by atoms with van der Waals surface area (Å²) < 4.78 is 0. The molecule has 0 saturated carbocycles. The maximum absolute atomic E-state index is 11.9. The number of likely N-dealkylation sites (N-methyl/N-ethyl adjacent to an activating group) is 1. The van der Waals surface area contributed by atoms with E-state index >= 15 is 0 Å². The number of carbonyl (C=O) groups is 3. The fourth-order valence-electron chi connectivity index (χ4n) is 1.91. The Bertz CT molecular complexity index is 618. The van der Waals surface area contributed by atoms with E-state index in [1.807, 2.05) is 6.07 Å². The van der Waals surface area contributed by atoms with Crippen LogP contribution < -0.4 is 5.32 Å². The Labute approximate surface area is 121 Å². The average molecular weight is 286 g/mol. The highest BCUT2D eigenvalue weighted by molar-refractivity contribution is 5.98. The van der Waals surface area contributed by atoms with E-state index in [1.165, 1.54) is 9.80 Å². The summed E-state index contributed by atoms with van der Waals surface area (Å²) in [6.07, 6.45) is 0. The normalized spacial score (nSPS) is 14.9. The standard InChI is InChI=1S/C14H14N4O3/c1-17-8-14(21)18(9-13(17)20)7-12(19)16-11-4-2-10(6-15)3-5-11/h2-5H,7-9H2,1H3,(H,16,19). The van der Waals surface area contributed by atoms with Gasteiger partial charge in [0.2, 0.25) is 17.7 Å².